The number of amides is 1. The van der Waals surface area contributed by atoms with Crippen LogP contribution in [0.2, 0.25) is 12.1 Å². The molecule has 0 radical (unpaired) electrons. The van der Waals surface area contributed by atoms with Crippen molar-refractivity contribution >= 4 is 20.7 Å². The number of anilines is 1. The Labute approximate surface area is 99.7 Å². The smallest absolute Gasteiger partial charge is 0.276 e. The number of rotatable bonds is 4. The van der Waals surface area contributed by atoms with Crippen molar-refractivity contribution in [3.8, 4) is 0 Å². The predicted molar refractivity (Wildman–Crippen MR) is 63.1 cm³/mol. The van der Waals surface area contributed by atoms with E-state index in [4.69, 9.17) is 5.21 Å². The minimum atomic E-state index is -1.17. The van der Waals surface area contributed by atoms with Crippen LogP contribution < -0.4 is 10.5 Å². The number of nitrogens with one attached hydrogen (secondary N) is 2. The van der Waals surface area contributed by atoms with Crippen molar-refractivity contribution in [3.05, 3.63) is 23.6 Å². The molecule has 5 nitrogen and oxygen atoms in total. The molecule has 3 N–H and O–H groups in total. The number of hydrogen-bond donors (Lipinski definition) is 3. The van der Waals surface area contributed by atoms with Gasteiger partial charge in [-0.2, -0.15) is 0 Å². The minimum absolute atomic E-state index is 0.00343. The van der Waals surface area contributed by atoms with Crippen LogP contribution in [-0.4, -0.2) is 25.1 Å². The summed E-state index contributed by atoms with van der Waals surface area (Å²) in [5.41, 5.74) is 2.16. The molecule has 0 bridgehead atoms. The molecule has 1 aliphatic carbocycles. The molecule has 1 saturated carbocycles. The average molecular weight is 255 g/mol. The summed E-state index contributed by atoms with van der Waals surface area (Å²) < 4.78 is 13.6. The normalized spacial score (nSPS) is 16.4. The first kappa shape index (κ1) is 12.0. The molecule has 7 heteroatoms. The van der Waals surface area contributed by atoms with E-state index in [1.165, 1.54) is 24.5 Å². The van der Waals surface area contributed by atoms with Crippen molar-refractivity contribution in [2.75, 3.05) is 4.98 Å². The molecule has 2 rings (SSSR count). The second kappa shape index (κ2) is 4.80. The highest BCUT2D eigenvalue weighted by Crippen LogP contribution is 2.39. The summed E-state index contributed by atoms with van der Waals surface area (Å²) in [5, 5.41) is 8.42. The Bertz CT molecular complexity index is 440. The van der Waals surface area contributed by atoms with Gasteiger partial charge < -0.3 is 4.98 Å². The minimum Gasteiger partial charge on any atom is -0.396 e. The summed E-state index contributed by atoms with van der Waals surface area (Å²) in [6, 6.07) is 1.06. The molecular formula is C10H14FN3O2Si. The van der Waals surface area contributed by atoms with Crippen LogP contribution in [0.25, 0.3) is 0 Å². The molecule has 0 aliphatic heterocycles. The maximum absolute atomic E-state index is 13.6. The second-order valence-corrected chi connectivity index (χ2v) is 7.07. The molecule has 1 aromatic heterocycles. The van der Waals surface area contributed by atoms with E-state index in [-0.39, 0.29) is 11.4 Å². The quantitative estimate of drug-likeness (QED) is 0.430. The Kier molecular flexibility index (Phi) is 3.39. The molecule has 0 unspecified atom stereocenters. The molecule has 0 saturated heterocycles. The summed E-state index contributed by atoms with van der Waals surface area (Å²) in [6.45, 7) is 2.12. The third kappa shape index (κ3) is 2.80. The average Bonchev–Trinajstić information content (AvgIpc) is 3.14. The number of carbonyl (C=O) groups is 1. The van der Waals surface area contributed by atoms with Crippen LogP contribution in [0.15, 0.2) is 12.3 Å². The van der Waals surface area contributed by atoms with Crippen LogP contribution in [0, 0.1) is 5.82 Å². The zero-order valence-corrected chi connectivity index (χ0v) is 10.6. The Morgan fingerprint density at radius 2 is 2.35 bits per heavy atom. The van der Waals surface area contributed by atoms with E-state index >= 15 is 0 Å². The molecule has 1 aromatic rings. The van der Waals surface area contributed by atoms with Gasteiger partial charge in [0.25, 0.3) is 5.91 Å². The van der Waals surface area contributed by atoms with Crippen molar-refractivity contribution < 1.29 is 14.4 Å². The van der Waals surface area contributed by atoms with Crippen molar-refractivity contribution in [1.82, 2.24) is 10.5 Å². The number of halogens is 1. The Balaban J connectivity index is 2.10. The molecule has 0 aromatic carbocycles. The highest BCUT2D eigenvalue weighted by atomic mass is 28.3. The van der Waals surface area contributed by atoms with Crippen LogP contribution in [0.5, 0.6) is 0 Å². The lowest BCUT2D eigenvalue weighted by molar-refractivity contribution is 0.0705. The lowest BCUT2D eigenvalue weighted by Gasteiger charge is -2.12. The van der Waals surface area contributed by atoms with Crippen LogP contribution in [-0.2, 0) is 0 Å². The van der Waals surface area contributed by atoms with E-state index in [1.807, 2.05) is 0 Å². The van der Waals surface area contributed by atoms with Crippen LogP contribution in [0.3, 0.4) is 0 Å². The van der Waals surface area contributed by atoms with Crippen LogP contribution in [0.4, 0.5) is 10.2 Å². The van der Waals surface area contributed by atoms with Gasteiger partial charge in [-0.25, -0.2) is 14.9 Å². The van der Waals surface area contributed by atoms with Gasteiger partial charge in [-0.15, -0.1) is 0 Å². The first-order chi connectivity index (χ1) is 8.11. The number of aromatic nitrogens is 1. The van der Waals surface area contributed by atoms with Gasteiger partial charge >= 0.3 is 0 Å². The Morgan fingerprint density at radius 3 is 2.88 bits per heavy atom. The third-order valence-corrected chi connectivity index (χ3v) is 5.71. The molecule has 17 heavy (non-hydrogen) atoms. The lowest BCUT2D eigenvalue weighted by Crippen LogP contribution is -2.23. The van der Waals surface area contributed by atoms with Crippen LogP contribution in [0.1, 0.15) is 23.2 Å². The summed E-state index contributed by atoms with van der Waals surface area (Å²) in [5.74, 6) is -1.13. The van der Waals surface area contributed by atoms with Crippen molar-refractivity contribution in [2.45, 2.75) is 24.9 Å². The number of hydrogen-bond acceptors (Lipinski definition) is 4. The van der Waals surface area contributed by atoms with Gasteiger partial charge in [0.2, 0.25) is 0 Å². The third-order valence-electron chi connectivity index (χ3n) is 2.90. The van der Waals surface area contributed by atoms with E-state index in [0.717, 1.165) is 11.6 Å². The Morgan fingerprint density at radius 1 is 1.65 bits per heavy atom. The van der Waals surface area contributed by atoms with Gasteiger partial charge in [0.05, 0.1) is 5.56 Å². The number of nitrogens with zero attached hydrogens (tertiary/aromatic N) is 1. The highest BCUT2D eigenvalue weighted by molar-refractivity contribution is 6.63. The fourth-order valence-electron chi connectivity index (χ4n) is 1.66. The molecule has 1 aliphatic rings. The molecule has 92 valence electrons. The van der Waals surface area contributed by atoms with Gasteiger partial charge in [-0.3, -0.25) is 10.0 Å². The zero-order valence-electron chi connectivity index (χ0n) is 9.40. The van der Waals surface area contributed by atoms with E-state index in [9.17, 15) is 9.18 Å². The summed E-state index contributed by atoms with van der Waals surface area (Å²) in [7, 11) is -1.17. The molecule has 1 heterocycles. The largest absolute Gasteiger partial charge is 0.396 e. The summed E-state index contributed by atoms with van der Waals surface area (Å²) in [4.78, 5) is 18.0. The van der Waals surface area contributed by atoms with Crippen LogP contribution >= 0.6 is 0 Å². The van der Waals surface area contributed by atoms with Crippen molar-refractivity contribution in [2.24, 2.45) is 0 Å². The maximum atomic E-state index is 13.6. The standard InChI is InChI=1S/C10H14FN3O2Si/c1-17(7-2-3-7)14-9-8(11)4-6(5-12-9)10(15)13-16/h4-5,7,16-17H,2-3H2,1H3,(H,12,14)(H,13,15)/t17-/m0/s1. The topological polar surface area (TPSA) is 74.2 Å². The fourth-order valence-corrected chi connectivity index (χ4v) is 3.73. The molecule has 1 fully saturated rings. The second-order valence-electron chi connectivity index (χ2n) is 4.27. The number of hydroxylamine groups is 1. The number of carbonyl (C=O) groups excluding carboxylic acids is 1. The molecule has 1 amide bonds. The summed E-state index contributed by atoms with van der Waals surface area (Å²) >= 11 is 0. The van der Waals surface area contributed by atoms with Gasteiger partial charge in [0.1, 0.15) is 8.96 Å². The van der Waals surface area contributed by atoms with Gasteiger partial charge in [0, 0.05) is 6.20 Å². The molecular weight excluding hydrogens is 241 g/mol. The fraction of sp³-hybridized carbons (Fsp3) is 0.400. The van der Waals surface area contributed by atoms with E-state index in [2.05, 4.69) is 16.5 Å². The SMILES string of the molecule is C[Si@H](Nc1ncc(C(=O)NO)cc1F)C1CC1. The predicted octanol–water partition coefficient (Wildman–Crippen LogP) is 1.27. The Hall–Kier alpha value is -1.47. The summed E-state index contributed by atoms with van der Waals surface area (Å²) in [6.07, 6.45) is 3.67. The van der Waals surface area contributed by atoms with Gasteiger partial charge in [-0.1, -0.05) is 19.4 Å². The van der Waals surface area contributed by atoms with Gasteiger partial charge in [0.15, 0.2) is 11.6 Å². The monoisotopic (exact) mass is 255 g/mol. The lowest BCUT2D eigenvalue weighted by atomic mass is 10.2. The molecule has 1 atom stereocenters. The molecule has 0 spiro atoms. The van der Waals surface area contributed by atoms with E-state index < -0.39 is 20.7 Å². The maximum Gasteiger partial charge on any atom is 0.276 e. The first-order valence-electron chi connectivity index (χ1n) is 5.48. The highest BCUT2D eigenvalue weighted by Gasteiger charge is 2.30. The van der Waals surface area contributed by atoms with Crippen molar-refractivity contribution in [1.29, 1.82) is 0 Å². The number of pyridine rings is 1. The van der Waals surface area contributed by atoms with E-state index in [1.54, 1.807) is 0 Å². The zero-order chi connectivity index (χ0) is 12.4. The van der Waals surface area contributed by atoms with E-state index in [0.29, 0.717) is 0 Å². The van der Waals surface area contributed by atoms with Gasteiger partial charge in [-0.05, 0) is 11.6 Å². The first-order valence-corrected chi connectivity index (χ1v) is 7.88. The van der Waals surface area contributed by atoms with Crippen molar-refractivity contribution in [3.63, 3.8) is 0 Å².